The van der Waals surface area contributed by atoms with Crippen LogP contribution in [-0.2, 0) is 9.53 Å². The van der Waals surface area contributed by atoms with Crippen molar-refractivity contribution in [2.75, 3.05) is 6.61 Å². The molecule has 1 saturated carbocycles. The van der Waals surface area contributed by atoms with Crippen LogP contribution in [0.1, 0.15) is 58.1 Å². The van der Waals surface area contributed by atoms with Gasteiger partial charge in [0.1, 0.15) is 11.9 Å². The van der Waals surface area contributed by atoms with Crippen LogP contribution in [0.5, 0.6) is 5.75 Å². The Bertz CT molecular complexity index is 743. The van der Waals surface area contributed by atoms with Crippen molar-refractivity contribution in [2.24, 2.45) is 5.92 Å². The highest BCUT2D eigenvalue weighted by Crippen LogP contribution is 2.34. The van der Waals surface area contributed by atoms with E-state index in [1.54, 1.807) is 6.92 Å². The molecule has 1 aromatic carbocycles. The van der Waals surface area contributed by atoms with Crippen LogP contribution >= 0.6 is 0 Å². The summed E-state index contributed by atoms with van der Waals surface area (Å²) >= 11 is 0. The largest absolute Gasteiger partial charge is 0.494 e. The predicted molar refractivity (Wildman–Crippen MR) is 102 cm³/mol. The number of rotatable bonds is 5. The normalized spacial score (nSPS) is 25.4. The van der Waals surface area contributed by atoms with E-state index in [9.17, 15) is 9.59 Å². The molecule has 2 N–H and O–H groups in total. The van der Waals surface area contributed by atoms with Crippen LogP contribution in [0.2, 0.25) is 0 Å². The maximum Gasteiger partial charge on any atom is 0.338 e. The third-order valence-electron chi connectivity index (χ3n) is 5.18. The second kappa shape index (κ2) is 8.46. The van der Waals surface area contributed by atoms with Crippen molar-refractivity contribution in [2.45, 2.75) is 58.6 Å². The van der Waals surface area contributed by atoms with Crippen LogP contribution in [0.15, 0.2) is 35.5 Å². The number of hydrogen-bond acceptors (Lipinski definition) is 4. The van der Waals surface area contributed by atoms with Crippen LogP contribution in [0.4, 0.5) is 4.79 Å². The maximum absolute atomic E-state index is 13.0. The molecule has 0 unspecified atom stereocenters. The van der Waals surface area contributed by atoms with E-state index < -0.39 is 6.04 Å². The summed E-state index contributed by atoms with van der Waals surface area (Å²) in [6.45, 7) is 6.32. The van der Waals surface area contributed by atoms with Gasteiger partial charge in [0.15, 0.2) is 0 Å². The minimum absolute atomic E-state index is 0.0676. The zero-order valence-corrected chi connectivity index (χ0v) is 16.2. The molecule has 6 heteroatoms. The van der Waals surface area contributed by atoms with E-state index in [-0.39, 0.29) is 18.1 Å². The van der Waals surface area contributed by atoms with Gasteiger partial charge < -0.3 is 20.1 Å². The zero-order valence-electron chi connectivity index (χ0n) is 16.2. The molecule has 146 valence electrons. The molecule has 1 aliphatic heterocycles. The van der Waals surface area contributed by atoms with Crippen molar-refractivity contribution >= 4 is 12.0 Å². The van der Waals surface area contributed by atoms with Crippen LogP contribution in [0.25, 0.3) is 0 Å². The van der Waals surface area contributed by atoms with E-state index >= 15 is 0 Å². The fourth-order valence-corrected chi connectivity index (χ4v) is 3.90. The molecule has 27 heavy (non-hydrogen) atoms. The molecule has 1 fully saturated rings. The zero-order chi connectivity index (χ0) is 19.4. The van der Waals surface area contributed by atoms with Crippen LogP contribution in [0, 0.1) is 5.92 Å². The topological polar surface area (TPSA) is 76.7 Å². The number of hydrogen-bond donors (Lipinski definition) is 2. The van der Waals surface area contributed by atoms with Gasteiger partial charge in [-0.2, -0.15) is 0 Å². The van der Waals surface area contributed by atoms with Gasteiger partial charge in [-0.1, -0.05) is 31.5 Å². The summed E-state index contributed by atoms with van der Waals surface area (Å²) in [5.74, 6) is 0.831. The van der Waals surface area contributed by atoms with Gasteiger partial charge >= 0.3 is 12.0 Å². The number of esters is 1. The highest BCUT2D eigenvalue weighted by molar-refractivity contribution is 5.95. The average Bonchev–Trinajstić information content (AvgIpc) is 2.61. The fourth-order valence-electron chi connectivity index (χ4n) is 3.90. The maximum atomic E-state index is 13.0. The first-order valence-corrected chi connectivity index (χ1v) is 9.70. The number of para-hydroxylation sites is 1. The van der Waals surface area contributed by atoms with Crippen molar-refractivity contribution in [3.05, 3.63) is 41.1 Å². The van der Waals surface area contributed by atoms with Gasteiger partial charge in [-0.25, -0.2) is 9.59 Å². The van der Waals surface area contributed by atoms with Crippen molar-refractivity contribution in [1.29, 1.82) is 0 Å². The average molecular weight is 372 g/mol. The lowest BCUT2D eigenvalue weighted by Gasteiger charge is -2.31. The molecule has 0 spiro atoms. The molecular formula is C21H28N2O4. The van der Waals surface area contributed by atoms with Gasteiger partial charge in [0.2, 0.25) is 0 Å². The fraction of sp³-hybridized carbons (Fsp3) is 0.524. The second-order valence-electron chi connectivity index (χ2n) is 7.34. The first-order chi connectivity index (χ1) is 13.0. The molecule has 6 nitrogen and oxygen atoms in total. The molecule has 0 saturated heterocycles. The molecule has 1 aliphatic carbocycles. The van der Waals surface area contributed by atoms with Gasteiger partial charge in [-0.05, 0) is 45.1 Å². The Kier molecular flexibility index (Phi) is 6.04. The van der Waals surface area contributed by atoms with Gasteiger partial charge in [-0.15, -0.1) is 0 Å². The van der Waals surface area contributed by atoms with Crippen LogP contribution in [-0.4, -0.2) is 24.7 Å². The first kappa shape index (κ1) is 19.3. The van der Waals surface area contributed by atoms with E-state index in [2.05, 4.69) is 17.6 Å². The Hall–Kier alpha value is -2.50. The molecular weight excluding hydrogens is 344 g/mol. The molecule has 3 atom stereocenters. The molecule has 3 rings (SSSR count). The third-order valence-corrected chi connectivity index (χ3v) is 5.18. The highest BCUT2D eigenvalue weighted by Gasteiger charge is 2.35. The molecule has 2 aliphatic rings. The van der Waals surface area contributed by atoms with E-state index in [4.69, 9.17) is 9.47 Å². The summed E-state index contributed by atoms with van der Waals surface area (Å²) in [7, 11) is 0. The number of allylic oxidation sites excluding steroid dienone is 1. The number of nitrogens with one attached hydrogen (secondary N) is 2. The monoisotopic (exact) mass is 372 g/mol. The summed E-state index contributed by atoms with van der Waals surface area (Å²) < 4.78 is 11.5. The minimum atomic E-state index is -0.602. The van der Waals surface area contributed by atoms with Gasteiger partial charge in [0.05, 0.1) is 18.2 Å². The van der Waals surface area contributed by atoms with Gasteiger partial charge in [-0.3, -0.25) is 0 Å². The number of benzene rings is 1. The third kappa shape index (κ3) is 4.43. The summed E-state index contributed by atoms with van der Waals surface area (Å²) in [6.07, 6.45) is 3.96. The lowest BCUT2D eigenvalue weighted by Crippen LogP contribution is -2.45. The summed E-state index contributed by atoms with van der Waals surface area (Å²) in [5, 5.41) is 5.55. The standard InChI is InChI=1S/C21H28N2O4/c1-4-26-17-11-6-5-10-16(17)19-18(14(3)22-21(25)23-19)20(24)27-15-9-7-8-13(2)12-15/h5-6,10-11,13,15,19H,4,7-9,12H2,1-3H3,(H2,22,23,25)/t13-,15+,19+/m0/s1. The SMILES string of the molecule is CCOc1ccccc1[C@H]1NC(=O)NC(C)=C1C(=O)O[C@@H]1CCC[C@H](C)C1. The van der Waals surface area contributed by atoms with Crippen LogP contribution in [0.3, 0.4) is 0 Å². The molecule has 1 aromatic rings. The smallest absolute Gasteiger partial charge is 0.338 e. The van der Waals surface area contributed by atoms with E-state index in [0.29, 0.717) is 29.5 Å². The molecule has 0 aromatic heterocycles. The lowest BCUT2D eigenvalue weighted by molar-refractivity contribution is -0.146. The Labute approximate surface area is 160 Å². The number of carbonyl (C=O) groups is 2. The van der Waals surface area contributed by atoms with Crippen LogP contribution < -0.4 is 15.4 Å². The minimum Gasteiger partial charge on any atom is -0.494 e. The van der Waals surface area contributed by atoms with Crippen molar-refractivity contribution in [3.8, 4) is 5.75 Å². The number of amides is 2. The summed E-state index contributed by atoms with van der Waals surface area (Å²) in [6, 6.07) is 6.50. The Morgan fingerprint density at radius 2 is 2.04 bits per heavy atom. The number of urea groups is 1. The van der Waals surface area contributed by atoms with Crippen molar-refractivity contribution < 1.29 is 19.1 Å². The highest BCUT2D eigenvalue weighted by atomic mass is 16.5. The Balaban J connectivity index is 1.89. The summed E-state index contributed by atoms with van der Waals surface area (Å²) in [4.78, 5) is 25.1. The van der Waals surface area contributed by atoms with E-state index in [1.807, 2.05) is 31.2 Å². The number of ether oxygens (including phenoxy) is 2. The van der Waals surface area contributed by atoms with Gasteiger partial charge in [0.25, 0.3) is 0 Å². The molecule has 1 heterocycles. The van der Waals surface area contributed by atoms with E-state index in [0.717, 1.165) is 24.8 Å². The lowest BCUT2D eigenvalue weighted by atomic mass is 9.88. The van der Waals surface area contributed by atoms with E-state index in [1.165, 1.54) is 6.42 Å². The quantitative estimate of drug-likeness (QED) is 0.770. The molecule has 0 radical (unpaired) electrons. The van der Waals surface area contributed by atoms with Crippen molar-refractivity contribution in [3.63, 3.8) is 0 Å². The predicted octanol–water partition coefficient (Wildman–Crippen LogP) is 3.84. The summed E-state index contributed by atoms with van der Waals surface area (Å²) in [5.41, 5.74) is 1.70. The number of carbonyl (C=O) groups excluding carboxylic acids is 2. The van der Waals surface area contributed by atoms with Crippen molar-refractivity contribution in [1.82, 2.24) is 10.6 Å². The molecule has 2 amide bonds. The van der Waals surface area contributed by atoms with Gasteiger partial charge in [0, 0.05) is 11.3 Å². The first-order valence-electron chi connectivity index (χ1n) is 9.70. The second-order valence-corrected chi connectivity index (χ2v) is 7.34. The Morgan fingerprint density at radius 3 is 2.78 bits per heavy atom. The molecule has 0 bridgehead atoms. The Morgan fingerprint density at radius 1 is 1.26 bits per heavy atom.